The molecule has 5 aromatic rings. The van der Waals surface area contributed by atoms with Gasteiger partial charge in [0.1, 0.15) is 34.4 Å². The molecule has 3 aromatic heterocycles. The lowest BCUT2D eigenvalue weighted by atomic mass is 10.0. The third-order valence-corrected chi connectivity index (χ3v) is 7.66. The number of aryl methyl sites for hydroxylation is 2. The number of methoxy groups -OCH3 is 1. The van der Waals surface area contributed by atoms with Gasteiger partial charge in [-0.25, -0.2) is 13.8 Å². The number of anilines is 1. The monoisotopic (exact) mass is 619 g/mol. The second kappa shape index (κ2) is 11.9. The number of nitrogens with zero attached hydrogens (tertiary/aromatic N) is 3. The SMILES string of the molecule is COc1cc2c(nc(C)n2C)c(Cl)c1-c1cccn2c(C(=O)c3cc(F)c(NC(=O)/C=C/CNC(C)(C)C)c(F)c3)ccc12. The lowest BCUT2D eigenvalue weighted by molar-refractivity contribution is -0.112. The fourth-order valence-electron chi connectivity index (χ4n) is 4.99. The first-order chi connectivity index (χ1) is 20.8. The van der Waals surface area contributed by atoms with E-state index in [-0.39, 0.29) is 16.8 Å². The fraction of sp³-hybridized carbons (Fsp3) is 0.242. The van der Waals surface area contributed by atoms with Crippen LogP contribution in [-0.2, 0) is 11.8 Å². The van der Waals surface area contributed by atoms with Gasteiger partial charge in [-0.05, 0) is 58.0 Å². The maximum atomic E-state index is 15.0. The number of amides is 1. The van der Waals surface area contributed by atoms with Gasteiger partial charge in [0.15, 0.2) is 0 Å². The van der Waals surface area contributed by atoms with E-state index in [0.29, 0.717) is 39.5 Å². The Morgan fingerprint density at radius 1 is 1.09 bits per heavy atom. The van der Waals surface area contributed by atoms with Crippen LogP contribution in [0, 0.1) is 18.6 Å². The van der Waals surface area contributed by atoms with Crippen molar-refractivity contribution in [1.29, 1.82) is 0 Å². The Hall–Kier alpha value is -4.54. The molecule has 0 aliphatic rings. The van der Waals surface area contributed by atoms with E-state index >= 15 is 8.78 Å². The highest BCUT2D eigenvalue weighted by molar-refractivity contribution is 6.38. The van der Waals surface area contributed by atoms with Crippen molar-refractivity contribution in [3.63, 3.8) is 0 Å². The number of nitrogens with one attached hydrogen (secondary N) is 2. The van der Waals surface area contributed by atoms with Crippen molar-refractivity contribution in [2.75, 3.05) is 19.0 Å². The number of halogens is 3. The van der Waals surface area contributed by atoms with Crippen LogP contribution in [-0.4, -0.2) is 44.8 Å². The lowest BCUT2D eigenvalue weighted by Crippen LogP contribution is -2.35. The van der Waals surface area contributed by atoms with Gasteiger partial charge in [-0.3, -0.25) is 9.59 Å². The van der Waals surface area contributed by atoms with Gasteiger partial charge in [0, 0.05) is 54.2 Å². The molecule has 8 nitrogen and oxygen atoms in total. The van der Waals surface area contributed by atoms with Crippen molar-refractivity contribution in [2.45, 2.75) is 33.2 Å². The average Bonchev–Trinajstić information content (AvgIpc) is 3.53. The van der Waals surface area contributed by atoms with Crippen LogP contribution >= 0.6 is 11.6 Å². The van der Waals surface area contributed by atoms with Crippen molar-refractivity contribution >= 4 is 45.5 Å². The molecule has 0 aliphatic heterocycles. The number of ether oxygens (including phenoxy) is 1. The summed E-state index contributed by atoms with van der Waals surface area (Å²) >= 11 is 6.90. The van der Waals surface area contributed by atoms with Crippen molar-refractivity contribution in [1.82, 2.24) is 19.3 Å². The van der Waals surface area contributed by atoms with Crippen molar-refractivity contribution in [3.05, 3.63) is 94.6 Å². The van der Waals surface area contributed by atoms with E-state index in [0.717, 1.165) is 23.5 Å². The Kier molecular flexibility index (Phi) is 8.33. The minimum Gasteiger partial charge on any atom is -0.496 e. The number of ketones is 1. The van der Waals surface area contributed by atoms with Crippen LogP contribution in [0.2, 0.25) is 5.02 Å². The summed E-state index contributed by atoms with van der Waals surface area (Å²) in [4.78, 5) is 30.4. The van der Waals surface area contributed by atoms with E-state index in [1.54, 1.807) is 42.0 Å². The maximum Gasteiger partial charge on any atom is 0.248 e. The van der Waals surface area contributed by atoms with Gasteiger partial charge in [-0.1, -0.05) is 23.7 Å². The van der Waals surface area contributed by atoms with Crippen molar-refractivity contribution in [3.8, 4) is 16.9 Å². The van der Waals surface area contributed by atoms with Gasteiger partial charge in [0.25, 0.3) is 0 Å². The molecule has 0 saturated heterocycles. The van der Waals surface area contributed by atoms with E-state index in [1.807, 2.05) is 51.4 Å². The topological polar surface area (TPSA) is 89.7 Å². The van der Waals surface area contributed by atoms with Gasteiger partial charge in [-0.15, -0.1) is 0 Å². The number of hydrogen-bond donors (Lipinski definition) is 2. The highest BCUT2D eigenvalue weighted by atomic mass is 35.5. The minimum atomic E-state index is -1.07. The lowest BCUT2D eigenvalue weighted by Gasteiger charge is -2.18. The summed E-state index contributed by atoms with van der Waals surface area (Å²) in [6, 6.07) is 10.6. The number of imidazole rings is 1. The number of rotatable bonds is 8. The zero-order chi connectivity index (χ0) is 31.9. The molecule has 0 fully saturated rings. The summed E-state index contributed by atoms with van der Waals surface area (Å²) in [5.41, 5.74) is 2.51. The summed E-state index contributed by atoms with van der Waals surface area (Å²) in [6.45, 7) is 8.20. The molecule has 44 heavy (non-hydrogen) atoms. The normalized spacial score (nSPS) is 12.0. The standard InChI is InChI=1S/C33H32ClF2N5O3/c1-18-38-31-25(40(18)5)17-26(44-6)28(29(31)34)20-9-8-14-41-23(20)11-12-24(41)32(43)19-15-21(35)30(22(36)16-19)39-27(42)10-7-13-37-33(2,3)4/h7-12,14-17,37H,13H2,1-6H3,(H,39,42)/b10-7+. The van der Waals surface area contributed by atoms with Gasteiger partial charge < -0.3 is 24.3 Å². The molecule has 5 rings (SSSR count). The molecule has 0 aliphatic carbocycles. The first-order valence-electron chi connectivity index (χ1n) is 13.9. The third kappa shape index (κ3) is 5.82. The molecular formula is C33H32ClF2N5O3. The maximum absolute atomic E-state index is 15.0. The Morgan fingerprint density at radius 2 is 1.80 bits per heavy atom. The zero-order valence-corrected chi connectivity index (χ0v) is 25.9. The summed E-state index contributed by atoms with van der Waals surface area (Å²) in [5, 5.41) is 5.78. The quantitative estimate of drug-likeness (QED) is 0.146. The van der Waals surface area contributed by atoms with Crippen molar-refractivity contribution in [2.24, 2.45) is 7.05 Å². The van der Waals surface area contributed by atoms with Crippen LogP contribution in [0.15, 0.2) is 60.8 Å². The van der Waals surface area contributed by atoms with Gasteiger partial charge in [0.05, 0.1) is 28.9 Å². The first kappa shape index (κ1) is 30.9. The minimum absolute atomic E-state index is 0.151. The number of hydrogen-bond acceptors (Lipinski definition) is 5. The molecule has 0 unspecified atom stereocenters. The van der Waals surface area contributed by atoms with Crippen LogP contribution in [0.25, 0.3) is 27.7 Å². The molecule has 0 bridgehead atoms. The molecule has 11 heteroatoms. The molecule has 228 valence electrons. The largest absolute Gasteiger partial charge is 0.496 e. The summed E-state index contributed by atoms with van der Waals surface area (Å²) in [6.07, 6.45) is 4.42. The van der Waals surface area contributed by atoms with Crippen molar-refractivity contribution < 1.29 is 23.1 Å². The zero-order valence-electron chi connectivity index (χ0n) is 25.2. The van der Waals surface area contributed by atoms with E-state index in [2.05, 4.69) is 15.6 Å². The molecule has 0 atom stereocenters. The summed E-state index contributed by atoms with van der Waals surface area (Å²) in [7, 11) is 3.44. The molecule has 0 saturated carbocycles. The first-order valence-corrected chi connectivity index (χ1v) is 14.2. The van der Waals surface area contributed by atoms with Gasteiger partial charge in [0.2, 0.25) is 11.7 Å². The number of benzene rings is 2. The third-order valence-electron chi connectivity index (χ3n) is 7.29. The van der Waals surface area contributed by atoms with Crippen LogP contribution in [0.5, 0.6) is 5.75 Å². The smallest absolute Gasteiger partial charge is 0.248 e. The number of carbonyl (C=O) groups is 2. The van der Waals surface area contributed by atoms with Crippen LogP contribution in [0.1, 0.15) is 42.6 Å². The molecule has 2 N–H and O–H groups in total. The number of fused-ring (bicyclic) bond motifs is 2. The highest BCUT2D eigenvalue weighted by Gasteiger charge is 2.23. The van der Waals surface area contributed by atoms with E-state index < -0.39 is 29.0 Å². The predicted molar refractivity (Wildman–Crippen MR) is 169 cm³/mol. The average molecular weight is 620 g/mol. The Balaban J connectivity index is 1.47. The summed E-state index contributed by atoms with van der Waals surface area (Å²) in [5.74, 6) is -2.14. The Labute approximate surface area is 258 Å². The van der Waals surface area contributed by atoms with Crippen LogP contribution in [0.4, 0.5) is 14.5 Å². The van der Waals surface area contributed by atoms with Gasteiger partial charge in [-0.2, -0.15) is 0 Å². The van der Waals surface area contributed by atoms with E-state index in [4.69, 9.17) is 16.3 Å². The highest BCUT2D eigenvalue weighted by Crippen LogP contribution is 2.43. The second-order valence-electron chi connectivity index (χ2n) is 11.4. The number of pyridine rings is 1. The molecule has 0 spiro atoms. The van der Waals surface area contributed by atoms with E-state index in [9.17, 15) is 9.59 Å². The predicted octanol–water partition coefficient (Wildman–Crippen LogP) is 6.86. The molecule has 1 amide bonds. The molecule has 2 aromatic carbocycles. The number of aromatic nitrogens is 3. The van der Waals surface area contributed by atoms with Gasteiger partial charge >= 0.3 is 0 Å². The molecule has 0 radical (unpaired) electrons. The molecule has 3 heterocycles. The second-order valence-corrected chi connectivity index (χ2v) is 11.8. The fourth-order valence-corrected chi connectivity index (χ4v) is 5.33. The Morgan fingerprint density at radius 3 is 2.45 bits per heavy atom. The van der Waals surface area contributed by atoms with Crippen LogP contribution in [0.3, 0.4) is 0 Å². The Bertz CT molecular complexity index is 1950. The molecular weight excluding hydrogens is 588 g/mol. The van der Waals surface area contributed by atoms with E-state index in [1.165, 1.54) is 6.08 Å². The van der Waals surface area contributed by atoms with Crippen LogP contribution < -0.4 is 15.4 Å². The number of carbonyl (C=O) groups excluding carboxylic acids is 2. The summed E-state index contributed by atoms with van der Waals surface area (Å²) < 4.78 is 39.3.